The summed E-state index contributed by atoms with van der Waals surface area (Å²) in [5.41, 5.74) is -0.151. The highest BCUT2D eigenvalue weighted by molar-refractivity contribution is 5.66. The predicted molar refractivity (Wildman–Crippen MR) is 77.7 cm³/mol. The van der Waals surface area contributed by atoms with Gasteiger partial charge in [-0.3, -0.25) is 0 Å². The molecule has 0 aliphatic rings. The first-order valence-electron chi connectivity index (χ1n) is 6.77. The van der Waals surface area contributed by atoms with Gasteiger partial charge in [0.1, 0.15) is 23.4 Å². The number of pyridine rings is 1. The number of halogens is 4. The number of rotatable bonds is 3. The number of aromatic nitrogens is 1. The Morgan fingerprint density at radius 2 is 1.87 bits per heavy atom. The molecule has 1 aromatic heterocycles. The average molecular weight is 323 g/mol. The van der Waals surface area contributed by atoms with Crippen molar-refractivity contribution in [3.05, 3.63) is 53.0 Å². The smallest absolute Gasteiger partial charge is 0.339 e. The minimum Gasteiger partial charge on any atom is -0.339 e. The highest BCUT2D eigenvalue weighted by Crippen LogP contribution is 2.32. The third kappa shape index (κ3) is 3.77. The van der Waals surface area contributed by atoms with Crippen LogP contribution in [0.4, 0.5) is 29.1 Å². The number of benzene rings is 1. The Morgan fingerprint density at radius 1 is 1.17 bits per heavy atom. The summed E-state index contributed by atoms with van der Waals surface area (Å²) in [6.45, 7) is 3.65. The maximum Gasteiger partial charge on any atom is 0.433 e. The summed E-state index contributed by atoms with van der Waals surface area (Å²) >= 11 is 0. The molecule has 2 rings (SSSR count). The van der Waals surface area contributed by atoms with Gasteiger partial charge in [-0.05, 0) is 41.8 Å². The van der Waals surface area contributed by atoms with Crippen LogP contribution in [0.2, 0.25) is 0 Å². The monoisotopic (exact) mass is 323 g/mol. The molecule has 0 spiro atoms. The minimum absolute atomic E-state index is 0.0305. The predicted octanol–water partition coefficient (Wildman–Crippen LogP) is 4.98. The Hall–Kier alpha value is -2.62. The van der Waals surface area contributed by atoms with Crippen molar-refractivity contribution in [3.63, 3.8) is 0 Å². The van der Waals surface area contributed by atoms with E-state index in [0.29, 0.717) is 11.3 Å². The fraction of sp³-hybridized carbons (Fsp3) is 0.250. The Labute approximate surface area is 130 Å². The third-order valence-electron chi connectivity index (χ3n) is 3.19. The first-order valence-corrected chi connectivity index (χ1v) is 6.77. The summed E-state index contributed by atoms with van der Waals surface area (Å²) in [6.07, 6.45) is -4.62. The van der Waals surface area contributed by atoms with E-state index >= 15 is 0 Å². The van der Waals surface area contributed by atoms with E-state index in [0.717, 1.165) is 12.1 Å². The van der Waals surface area contributed by atoms with Gasteiger partial charge < -0.3 is 5.32 Å². The van der Waals surface area contributed by atoms with E-state index in [9.17, 15) is 17.6 Å². The second kappa shape index (κ2) is 6.24. The van der Waals surface area contributed by atoms with Crippen LogP contribution in [0.25, 0.3) is 0 Å². The first-order chi connectivity index (χ1) is 10.7. The van der Waals surface area contributed by atoms with Crippen molar-refractivity contribution < 1.29 is 17.6 Å². The van der Waals surface area contributed by atoms with Gasteiger partial charge in [0.15, 0.2) is 0 Å². The number of alkyl halides is 3. The molecule has 120 valence electrons. The van der Waals surface area contributed by atoms with Crippen molar-refractivity contribution >= 4 is 11.5 Å². The van der Waals surface area contributed by atoms with Crippen molar-refractivity contribution in [2.24, 2.45) is 0 Å². The highest BCUT2D eigenvalue weighted by Gasteiger charge is 2.33. The summed E-state index contributed by atoms with van der Waals surface area (Å²) in [7, 11) is 0. The van der Waals surface area contributed by atoms with Crippen molar-refractivity contribution in [1.82, 2.24) is 4.98 Å². The minimum atomic E-state index is -4.62. The maximum atomic E-state index is 13.4. The van der Waals surface area contributed by atoms with Crippen molar-refractivity contribution in [3.8, 4) is 6.07 Å². The van der Waals surface area contributed by atoms with Gasteiger partial charge in [-0.25, -0.2) is 9.37 Å². The van der Waals surface area contributed by atoms with Gasteiger partial charge in [-0.15, -0.1) is 0 Å². The number of hydrogen-bond acceptors (Lipinski definition) is 3. The van der Waals surface area contributed by atoms with Gasteiger partial charge in [-0.1, -0.05) is 13.8 Å². The quantitative estimate of drug-likeness (QED) is 0.811. The number of hydrogen-bond donors (Lipinski definition) is 1. The molecular weight excluding hydrogens is 310 g/mol. The number of anilines is 2. The van der Waals surface area contributed by atoms with Crippen LogP contribution in [0, 0.1) is 17.1 Å². The maximum absolute atomic E-state index is 13.4. The molecule has 1 heterocycles. The van der Waals surface area contributed by atoms with Gasteiger partial charge >= 0.3 is 6.18 Å². The van der Waals surface area contributed by atoms with Crippen LogP contribution in [0.1, 0.15) is 36.6 Å². The molecule has 0 radical (unpaired) electrons. The summed E-state index contributed by atoms with van der Waals surface area (Å²) in [5, 5.41) is 11.8. The van der Waals surface area contributed by atoms with E-state index in [1.54, 1.807) is 6.07 Å². The van der Waals surface area contributed by atoms with Crippen LogP contribution in [-0.4, -0.2) is 4.98 Å². The zero-order chi connectivity index (χ0) is 17.2. The fourth-order valence-corrected chi connectivity index (χ4v) is 2.06. The molecule has 2 aromatic rings. The zero-order valence-electron chi connectivity index (χ0n) is 12.4. The molecule has 0 amide bonds. The van der Waals surface area contributed by atoms with Gasteiger partial charge in [0, 0.05) is 5.69 Å². The molecule has 1 N–H and O–H groups in total. The van der Waals surface area contributed by atoms with Gasteiger partial charge in [0.2, 0.25) is 0 Å². The van der Waals surface area contributed by atoms with E-state index in [1.807, 2.05) is 13.8 Å². The van der Waals surface area contributed by atoms with Crippen LogP contribution in [0.3, 0.4) is 0 Å². The second-order valence-corrected chi connectivity index (χ2v) is 5.21. The summed E-state index contributed by atoms with van der Waals surface area (Å²) in [6, 6.07) is 7.49. The lowest BCUT2D eigenvalue weighted by atomic mass is 10.0. The van der Waals surface area contributed by atoms with Crippen LogP contribution in [-0.2, 0) is 6.18 Å². The fourth-order valence-electron chi connectivity index (χ4n) is 2.06. The van der Waals surface area contributed by atoms with Crippen molar-refractivity contribution in [2.45, 2.75) is 25.9 Å². The number of nitriles is 1. The molecule has 0 aliphatic heterocycles. The molecule has 0 saturated heterocycles. The van der Waals surface area contributed by atoms with Gasteiger partial charge in [0.05, 0.1) is 5.56 Å². The Bertz CT molecular complexity index is 761. The normalized spacial score (nSPS) is 11.4. The van der Waals surface area contributed by atoms with Crippen LogP contribution >= 0.6 is 0 Å². The summed E-state index contributed by atoms with van der Waals surface area (Å²) < 4.78 is 51.7. The van der Waals surface area contributed by atoms with Gasteiger partial charge in [0.25, 0.3) is 0 Å². The summed E-state index contributed by atoms with van der Waals surface area (Å²) in [4.78, 5) is 3.48. The standard InChI is InChI=1S/C16H13F4N3/c1-9(2)12-7-11(17)4-5-13(12)22-15-10(8-21)3-6-14(23-15)16(18,19)20/h3-7,9H,1-2H3,(H,22,23). The number of nitrogens with one attached hydrogen (secondary N) is 1. The average Bonchev–Trinajstić information content (AvgIpc) is 2.47. The van der Waals surface area contributed by atoms with Crippen molar-refractivity contribution in [2.75, 3.05) is 5.32 Å². The lowest BCUT2D eigenvalue weighted by Crippen LogP contribution is -2.10. The summed E-state index contributed by atoms with van der Waals surface area (Å²) in [5.74, 6) is -0.725. The Morgan fingerprint density at radius 3 is 2.43 bits per heavy atom. The molecular formula is C16H13F4N3. The molecule has 3 nitrogen and oxygen atoms in total. The van der Waals surface area contributed by atoms with Crippen LogP contribution in [0.5, 0.6) is 0 Å². The van der Waals surface area contributed by atoms with E-state index < -0.39 is 17.7 Å². The van der Waals surface area contributed by atoms with Crippen molar-refractivity contribution in [1.29, 1.82) is 5.26 Å². The van der Waals surface area contributed by atoms with E-state index in [1.165, 1.54) is 18.2 Å². The Balaban J connectivity index is 2.50. The molecule has 23 heavy (non-hydrogen) atoms. The molecule has 0 atom stereocenters. The molecule has 0 bridgehead atoms. The van der Waals surface area contributed by atoms with Crippen LogP contribution < -0.4 is 5.32 Å². The van der Waals surface area contributed by atoms with E-state index in [-0.39, 0.29) is 17.3 Å². The largest absolute Gasteiger partial charge is 0.433 e. The van der Waals surface area contributed by atoms with Crippen LogP contribution in [0.15, 0.2) is 30.3 Å². The van der Waals surface area contributed by atoms with Gasteiger partial charge in [-0.2, -0.15) is 18.4 Å². The molecule has 1 aromatic carbocycles. The molecule has 0 aliphatic carbocycles. The Kier molecular flexibility index (Phi) is 4.55. The highest BCUT2D eigenvalue weighted by atomic mass is 19.4. The van der Waals surface area contributed by atoms with E-state index in [4.69, 9.17) is 5.26 Å². The first kappa shape index (κ1) is 16.7. The topological polar surface area (TPSA) is 48.7 Å². The second-order valence-electron chi connectivity index (χ2n) is 5.21. The molecule has 0 unspecified atom stereocenters. The molecule has 7 heteroatoms. The number of nitrogens with zero attached hydrogens (tertiary/aromatic N) is 2. The lowest BCUT2D eigenvalue weighted by molar-refractivity contribution is -0.141. The third-order valence-corrected chi connectivity index (χ3v) is 3.19. The zero-order valence-corrected chi connectivity index (χ0v) is 12.4. The SMILES string of the molecule is CC(C)c1cc(F)ccc1Nc1nc(C(F)(F)F)ccc1C#N. The molecule has 0 fully saturated rings. The molecule has 0 saturated carbocycles. The van der Waals surface area contributed by atoms with E-state index in [2.05, 4.69) is 10.3 Å². The lowest BCUT2D eigenvalue weighted by Gasteiger charge is -2.16.